The van der Waals surface area contributed by atoms with Crippen molar-refractivity contribution < 1.29 is 9.90 Å². The van der Waals surface area contributed by atoms with Gasteiger partial charge in [0.25, 0.3) is 5.91 Å². The van der Waals surface area contributed by atoms with Crippen molar-refractivity contribution in [1.82, 2.24) is 5.32 Å². The fourth-order valence-electron chi connectivity index (χ4n) is 1.70. The highest BCUT2D eigenvalue weighted by Crippen LogP contribution is 2.32. The van der Waals surface area contributed by atoms with Gasteiger partial charge < -0.3 is 10.4 Å². The first-order chi connectivity index (χ1) is 7.58. The van der Waals surface area contributed by atoms with E-state index >= 15 is 0 Å². The first-order valence-corrected chi connectivity index (χ1v) is 6.16. The van der Waals surface area contributed by atoms with Gasteiger partial charge in [0.1, 0.15) is 5.75 Å². The lowest BCUT2D eigenvalue weighted by Gasteiger charge is -2.13. The van der Waals surface area contributed by atoms with E-state index in [0.717, 1.165) is 4.47 Å². The number of amides is 1. The van der Waals surface area contributed by atoms with Crippen molar-refractivity contribution in [3.8, 4) is 5.75 Å². The van der Waals surface area contributed by atoms with Gasteiger partial charge in [-0.05, 0) is 43.9 Å². The summed E-state index contributed by atoms with van der Waals surface area (Å²) in [5.74, 6) is 0.417. The van der Waals surface area contributed by atoms with Gasteiger partial charge in [-0.15, -0.1) is 0 Å². The molecular formula is C12H14BrNO2. The van der Waals surface area contributed by atoms with Gasteiger partial charge in [0, 0.05) is 10.5 Å². The number of benzene rings is 1. The van der Waals surface area contributed by atoms with E-state index in [4.69, 9.17) is 0 Å². The zero-order chi connectivity index (χ0) is 11.7. The highest BCUT2D eigenvalue weighted by molar-refractivity contribution is 9.10. The predicted molar refractivity (Wildman–Crippen MR) is 65.5 cm³/mol. The number of rotatable bonds is 3. The van der Waals surface area contributed by atoms with Crippen LogP contribution in [0.1, 0.15) is 30.1 Å². The maximum atomic E-state index is 11.8. The number of phenolic OH excluding ortho intramolecular Hbond substituents is 1. The molecule has 1 aliphatic rings. The summed E-state index contributed by atoms with van der Waals surface area (Å²) in [6.07, 6.45) is 2.38. The van der Waals surface area contributed by atoms with E-state index in [9.17, 15) is 9.90 Å². The number of carbonyl (C=O) groups is 1. The maximum Gasteiger partial charge on any atom is 0.255 e. The molecule has 0 aromatic heterocycles. The van der Waals surface area contributed by atoms with Crippen molar-refractivity contribution in [2.75, 3.05) is 0 Å². The molecule has 3 nitrogen and oxygen atoms in total. The van der Waals surface area contributed by atoms with Gasteiger partial charge in [0.2, 0.25) is 0 Å². The molecular weight excluding hydrogens is 270 g/mol. The third kappa shape index (κ3) is 2.55. The van der Waals surface area contributed by atoms with Gasteiger partial charge in [0.15, 0.2) is 0 Å². The maximum absolute atomic E-state index is 11.8. The first-order valence-electron chi connectivity index (χ1n) is 5.37. The van der Waals surface area contributed by atoms with E-state index in [2.05, 4.69) is 21.2 Å². The van der Waals surface area contributed by atoms with Crippen molar-refractivity contribution in [3.05, 3.63) is 28.2 Å². The summed E-state index contributed by atoms with van der Waals surface area (Å²) in [6.45, 7) is 2.01. The van der Waals surface area contributed by atoms with Crippen LogP contribution in [0.3, 0.4) is 0 Å². The molecule has 0 spiro atoms. The summed E-state index contributed by atoms with van der Waals surface area (Å²) in [5.41, 5.74) is 0.329. The third-order valence-electron chi connectivity index (χ3n) is 2.89. The van der Waals surface area contributed by atoms with Crippen LogP contribution in [-0.4, -0.2) is 17.1 Å². The zero-order valence-corrected chi connectivity index (χ0v) is 10.6. The molecule has 1 aromatic rings. The molecule has 0 heterocycles. The predicted octanol–water partition coefficient (Wildman–Crippen LogP) is 2.68. The van der Waals surface area contributed by atoms with E-state index in [1.165, 1.54) is 18.9 Å². The van der Waals surface area contributed by atoms with Gasteiger partial charge in [-0.2, -0.15) is 0 Å². The molecule has 2 N–H and O–H groups in total. The molecule has 1 fully saturated rings. The van der Waals surface area contributed by atoms with Crippen molar-refractivity contribution >= 4 is 21.8 Å². The molecule has 1 saturated carbocycles. The van der Waals surface area contributed by atoms with Crippen LogP contribution < -0.4 is 5.32 Å². The Bertz CT molecular complexity index is 415. The highest BCUT2D eigenvalue weighted by atomic mass is 79.9. The van der Waals surface area contributed by atoms with Crippen LogP contribution in [-0.2, 0) is 0 Å². The molecule has 4 heteroatoms. The highest BCUT2D eigenvalue weighted by Gasteiger charge is 2.29. The monoisotopic (exact) mass is 283 g/mol. The molecule has 86 valence electrons. The van der Waals surface area contributed by atoms with E-state index in [1.807, 2.05) is 6.92 Å². The SMILES string of the molecule is CC(NC(=O)c1ccc(Br)cc1O)C1CC1. The second-order valence-corrected chi connectivity index (χ2v) is 5.18. The molecule has 1 unspecified atom stereocenters. The van der Waals surface area contributed by atoms with E-state index in [-0.39, 0.29) is 17.7 Å². The standard InChI is InChI=1S/C12H14BrNO2/c1-7(8-2-3-8)14-12(16)10-5-4-9(13)6-11(10)15/h4-8,15H,2-3H2,1H3,(H,14,16). The number of hydrogen-bond acceptors (Lipinski definition) is 2. The lowest BCUT2D eigenvalue weighted by atomic mass is 10.1. The average Bonchev–Trinajstić information content (AvgIpc) is 2.99. The largest absolute Gasteiger partial charge is 0.507 e. The van der Waals surface area contributed by atoms with Crippen LogP contribution in [0.4, 0.5) is 0 Å². The average molecular weight is 284 g/mol. The Morgan fingerprint density at radius 1 is 1.56 bits per heavy atom. The molecule has 1 atom stereocenters. The Morgan fingerprint density at radius 2 is 2.25 bits per heavy atom. The fraction of sp³-hybridized carbons (Fsp3) is 0.417. The van der Waals surface area contributed by atoms with Crippen molar-refractivity contribution in [2.24, 2.45) is 5.92 Å². The van der Waals surface area contributed by atoms with Crippen LogP contribution in [0.15, 0.2) is 22.7 Å². The lowest BCUT2D eigenvalue weighted by molar-refractivity contribution is 0.0933. The lowest BCUT2D eigenvalue weighted by Crippen LogP contribution is -2.33. The quantitative estimate of drug-likeness (QED) is 0.896. The Labute approximate surface area is 103 Å². The minimum absolute atomic E-state index is 0.00914. The second kappa shape index (κ2) is 4.45. The summed E-state index contributed by atoms with van der Waals surface area (Å²) in [7, 11) is 0. The minimum atomic E-state index is -0.204. The number of nitrogens with one attached hydrogen (secondary N) is 1. The Balaban J connectivity index is 2.07. The van der Waals surface area contributed by atoms with E-state index < -0.39 is 0 Å². The molecule has 1 aliphatic carbocycles. The summed E-state index contributed by atoms with van der Waals surface area (Å²) in [4.78, 5) is 11.8. The molecule has 1 aromatic carbocycles. The van der Waals surface area contributed by atoms with Crippen molar-refractivity contribution in [1.29, 1.82) is 0 Å². The summed E-state index contributed by atoms with van der Waals surface area (Å²) in [6, 6.07) is 5.08. The molecule has 0 aliphatic heterocycles. The number of hydrogen-bond donors (Lipinski definition) is 2. The topological polar surface area (TPSA) is 49.3 Å². The van der Waals surface area contributed by atoms with Crippen molar-refractivity contribution in [2.45, 2.75) is 25.8 Å². The normalized spacial score (nSPS) is 16.9. The molecule has 0 radical (unpaired) electrons. The Morgan fingerprint density at radius 3 is 2.81 bits per heavy atom. The minimum Gasteiger partial charge on any atom is -0.507 e. The zero-order valence-electron chi connectivity index (χ0n) is 9.03. The third-order valence-corrected chi connectivity index (χ3v) is 3.39. The molecule has 0 bridgehead atoms. The molecule has 1 amide bonds. The number of phenols is 1. The molecule has 0 saturated heterocycles. The Kier molecular flexibility index (Phi) is 3.19. The van der Waals surface area contributed by atoms with Crippen LogP contribution in [0, 0.1) is 5.92 Å². The number of carbonyl (C=O) groups excluding carboxylic acids is 1. The number of aromatic hydroxyl groups is 1. The smallest absolute Gasteiger partial charge is 0.255 e. The van der Waals surface area contributed by atoms with Crippen LogP contribution in [0.25, 0.3) is 0 Å². The van der Waals surface area contributed by atoms with Crippen LogP contribution in [0.5, 0.6) is 5.75 Å². The second-order valence-electron chi connectivity index (χ2n) is 4.26. The Hall–Kier alpha value is -1.03. The summed E-state index contributed by atoms with van der Waals surface area (Å²) < 4.78 is 0.761. The molecule has 2 rings (SSSR count). The van der Waals surface area contributed by atoms with Gasteiger partial charge in [-0.25, -0.2) is 0 Å². The van der Waals surface area contributed by atoms with Crippen molar-refractivity contribution in [3.63, 3.8) is 0 Å². The van der Waals surface area contributed by atoms with Crippen LogP contribution in [0.2, 0.25) is 0 Å². The van der Waals surface area contributed by atoms with E-state index in [0.29, 0.717) is 11.5 Å². The molecule has 16 heavy (non-hydrogen) atoms. The number of halogens is 1. The van der Waals surface area contributed by atoms with E-state index in [1.54, 1.807) is 12.1 Å². The summed E-state index contributed by atoms with van der Waals surface area (Å²) >= 11 is 3.24. The fourth-order valence-corrected chi connectivity index (χ4v) is 2.04. The van der Waals surface area contributed by atoms with Crippen LogP contribution >= 0.6 is 15.9 Å². The van der Waals surface area contributed by atoms with Gasteiger partial charge in [0.05, 0.1) is 5.56 Å². The van der Waals surface area contributed by atoms with Gasteiger partial charge in [-0.3, -0.25) is 4.79 Å². The van der Waals surface area contributed by atoms with Gasteiger partial charge >= 0.3 is 0 Å². The van der Waals surface area contributed by atoms with Gasteiger partial charge in [-0.1, -0.05) is 15.9 Å². The summed E-state index contributed by atoms with van der Waals surface area (Å²) in [5, 5.41) is 12.5. The first kappa shape index (κ1) is 11.5.